The summed E-state index contributed by atoms with van der Waals surface area (Å²) in [6.07, 6.45) is 5.69. The number of benzene rings is 1. The van der Waals surface area contributed by atoms with Crippen molar-refractivity contribution in [2.45, 2.75) is 0 Å². The fraction of sp³-hybridized carbons (Fsp3) is 0. The molecule has 1 aromatic rings. The Labute approximate surface area is 71.8 Å². The normalized spacial score (nSPS) is 11.4. The number of allylic oxidation sites excluding steroid dienone is 2. The van der Waals surface area contributed by atoms with E-state index in [9.17, 15) is 0 Å². The highest BCUT2D eigenvalue weighted by molar-refractivity contribution is 6.25. The molecule has 56 valence electrons. The molecule has 0 radical (unpaired) electrons. The maximum Gasteiger partial charge on any atom is 0.00424 e. The maximum absolute atomic E-state index is 5.34. The van der Waals surface area contributed by atoms with Crippen molar-refractivity contribution in [2.24, 2.45) is 0 Å². The Morgan fingerprint density at radius 2 is 1.73 bits per heavy atom. The molecule has 0 N–H and O–H groups in total. The van der Waals surface area contributed by atoms with Crippen molar-refractivity contribution < 1.29 is 0 Å². The van der Waals surface area contributed by atoms with E-state index in [2.05, 4.69) is 0 Å². The van der Waals surface area contributed by atoms with E-state index < -0.39 is 0 Å². The molecule has 0 spiro atoms. The Morgan fingerprint density at radius 3 is 2.36 bits per heavy atom. The van der Waals surface area contributed by atoms with Gasteiger partial charge < -0.3 is 0 Å². The minimum atomic E-state index is 1.18. The van der Waals surface area contributed by atoms with Gasteiger partial charge in [0.05, 0.1) is 0 Å². The molecule has 0 atom stereocenters. The molecule has 0 unspecified atom stereocenters. The van der Waals surface area contributed by atoms with Gasteiger partial charge in [-0.15, -0.1) is 0 Å². The lowest BCUT2D eigenvalue weighted by atomic mass is 10.2. The van der Waals surface area contributed by atoms with Gasteiger partial charge in [0.1, 0.15) is 0 Å². The summed E-state index contributed by atoms with van der Waals surface area (Å²) in [5.74, 6) is 0. The standard InChI is InChI=1S/C10H9Cl/c11-9-5-4-8-10-6-2-1-3-7-10/h1-9H/b8-4+,9-5-. The molecule has 0 nitrogen and oxygen atoms in total. The second-order valence-corrected chi connectivity index (χ2v) is 2.34. The first kappa shape index (κ1) is 8.09. The fourth-order valence-electron chi connectivity index (χ4n) is 0.773. The minimum Gasteiger partial charge on any atom is -0.0930 e. The van der Waals surface area contributed by atoms with Crippen LogP contribution >= 0.6 is 11.6 Å². The van der Waals surface area contributed by atoms with Gasteiger partial charge >= 0.3 is 0 Å². The van der Waals surface area contributed by atoms with E-state index in [1.165, 1.54) is 11.1 Å². The summed E-state index contributed by atoms with van der Waals surface area (Å²) in [5, 5.41) is 0. The Balaban J connectivity index is 2.64. The van der Waals surface area contributed by atoms with Crippen LogP contribution in [0.1, 0.15) is 5.56 Å². The molecule has 0 aromatic heterocycles. The van der Waals surface area contributed by atoms with Gasteiger partial charge in [0, 0.05) is 5.54 Å². The zero-order chi connectivity index (χ0) is 7.94. The van der Waals surface area contributed by atoms with Crippen LogP contribution in [0.3, 0.4) is 0 Å². The summed E-state index contributed by atoms with van der Waals surface area (Å²) < 4.78 is 0. The number of hydrogen-bond acceptors (Lipinski definition) is 0. The molecule has 1 rings (SSSR count). The summed E-state index contributed by atoms with van der Waals surface area (Å²) in [6.45, 7) is 0. The largest absolute Gasteiger partial charge is 0.0930 e. The van der Waals surface area contributed by atoms with Crippen LogP contribution in [0.15, 0.2) is 48.0 Å². The summed E-state index contributed by atoms with van der Waals surface area (Å²) in [6, 6.07) is 10.1. The highest BCUT2D eigenvalue weighted by Gasteiger charge is 1.78. The maximum atomic E-state index is 5.34. The predicted molar refractivity (Wildman–Crippen MR) is 50.5 cm³/mol. The van der Waals surface area contributed by atoms with Gasteiger partial charge in [0.25, 0.3) is 0 Å². The highest BCUT2D eigenvalue weighted by atomic mass is 35.5. The second-order valence-electron chi connectivity index (χ2n) is 2.09. The minimum absolute atomic E-state index is 1.18. The molecule has 0 fully saturated rings. The Morgan fingerprint density at radius 1 is 1.00 bits per heavy atom. The third-order valence-corrected chi connectivity index (χ3v) is 1.42. The number of rotatable bonds is 2. The van der Waals surface area contributed by atoms with Crippen LogP contribution in [0.25, 0.3) is 6.08 Å². The quantitative estimate of drug-likeness (QED) is 0.588. The van der Waals surface area contributed by atoms with Gasteiger partial charge in [-0.1, -0.05) is 60.2 Å². The van der Waals surface area contributed by atoms with Gasteiger partial charge in [0.15, 0.2) is 0 Å². The van der Waals surface area contributed by atoms with Gasteiger partial charge in [-0.3, -0.25) is 0 Å². The monoisotopic (exact) mass is 164 g/mol. The average Bonchev–Trinajstić information content (AvgIpc) is 2.07. The van der Waals surface area contributed by atoms with Crippen molar-refractivity contribution in [3.8, 4) is 0 Å². The lowest BCUT2D eigenvalue weighted by molar-refractivity contribution is 1.66. The third-order valence-electron chi connectivity index (χ3n) is 1.27. The molecule has 0 saturated heterocycles. The van der Waals surface area contributed by atoms with Crippen molar-refractivity contribution in [3.05, 3.63) is 53.6 Å². The summed E-state index contributed by atoms with van der Waals surface area (Å²) in [5.41, 5.74) is 2.67. The topological polar surface area (TPSA) is 0 Å². The van der Waals surface area contributed by atoms with Gasteiger partial charge in [-0.05, 0) is 5.56 Å². The number of halogens is 1. The van der Waals surface area contributed by atoms with Crippen molar-refractivity contribution in [1.29, 1.82) is 0 Å². The molecule has 11 heavy (non-hydrogen) atoms. The van der Waals surface area contributed by atoms with Crippen LogP contribution in [0, 0.1) is 0 Å². The molecule has 0 amide bonds. The summed E-state index contributed by atoms with van der Waals surface area (Å²) in [7, 11) is 0. The fourth-order valence-corrected chi connectivity index (χ4v) is 0.857. The first-order valence-corrected chi connectivity index (χ1v) is 3.85. The zero-order valence-corrected chi connectivity index (χ0v) is 6.83. The van der Waals surface area contributed by atoms with E-state index in [1.54, 1.807) is 6.08 Å². The van der Waals surface area contributed by atoms with Crippen molar-refractivity contribution in [1.82, 2.24) is 0 Å². The van der Waals surface area contributed by atoms with Crippen LogP contribution < -0.4 is 0 Å². The van der Waals surface area contributed by atoms with Crippen LogP contribution in [0.5, 0.6) is 0 Å². The van der Waals surface area contributed by atoms with Crippen LogP contribution in [0.4, 0.5) is 0 Å². The molecule has 0 heterocycles. The molecule has 1 heteroatoms. The molecule has 0 saturated carbocycles. The second kappa shape index (κ2) is 4.75. The molecule has 0 bridgehead atoms. The smallest absolute Gasteiger partial charge is 0.00424 e. The molecule has 0 aliphatic heterocycles. The highest BCUT2D eigenvalue weighted by Crippen LogP contribution is 2.00. The first-order valence-electron chi connectivity index (χ1n) is 3.42. The molecule has 0 aliphatic rings. The summed E-state index contributed by atoms with van der Waals surface area (Å²) >= 11 is 5.34. The molecule has 1 aromatic carbocycles. The third kappa shape index (κ3) is 3.06. The van der Waals surface area contributed by atoms with E-state index in [-0.39, 0.29) is 0 Å². The van der Waals surface area contributed by atoms with E-state index in [1.807, 2.05) is 42.5 Å². The van der Waals surface area contributed by atoms with Crippen LogP contribution in [-0.4, -0.2) is 0 Å². The van der Waals surface area contributed by atoms with Crippen molar-refractivity contribution in [3.63, 3.8) is 0 Å². The number of hydrogen-bond donors (Lipinski definition) is 0. The van der Waals surface area contributed by atoms with Gasteiger partial charge in [-0.2, -0.15) is 0 Å². The molecular formula is C10H9Cl. The van der Waals surface area contributed by atoms with Crippen LogP contribution in [-0.2, 0) is 0 Å². The van der Waals surface area contributed by atoms with Crippen LogP contribution in [0.2, 0.25) is 0 Å². The lowest BCUT2D eigenvalue weighted by Gasteiger charge is -1.87. The van der Waals surface area contributed by atoms with E-state index in [4.69, 9.17) is 11.6 Å². The van der Waals surface area contributed by atoms with Crippen molar-refractivity contribution >= 4 is 17.7 Å². The molecular weight excluding hydrogens is 156 g/mol. The average molecular weight is 165 g/mol. The predicted octanol–water partition coefficient (Wildman–Crippen LogP) is 3.45. The lowest BCUT2D eigenvalue weighted by Crippen LogP contribution is -1.66. The van der Waals surface area contributed by atoms with Gasteiger partial charge in [-0.25, -0.2) is 0 Å². The Hall–Kier alpha value is -1.01. The molecule has 0 aliphatic carbocycles. The SMILES string of the molecule is Cl/C=C\C=C\c1ccccc1. The van der Waals surface area contributed by atoms with E-state index >= 15 is 0 Å². The first-order chi connectivity index (χ1) is 5.43. The van der Waals surface area contributed by atoms with Gasteiger partial charge in [0.2, 0.25) is 0 Å². The Kier molecular flexibility index (Phi) is 3.49. The van der Waals surface area contributed by atoms with Crippen molar-refractivity contribution in [2.75, 3.05) is 0 Å². The Bertz CT molecular complexity index is 247. The van der Waals surface area contributed by atoms with E-state index in [0.29, 0.717) is 0 Å². The van der Waals surface area contributed by atoms with E-state index in [0.717, 1.165) is 0 Å². The summed E-state index contributed by atoms with van der Waals surface area (Å²) in [4.78, 5) is 0. The zero-order valence-electron chi connectivity index (χ0n) is 6.07.